The maximum Gasteiger partial charge on any atom is 0.333 e. The first-order valence-electron chi connectivity index (χ1n) is 2.84. The number of nitriles is 1. The first kappa shape index (κ1) is 8.70. The van der Waals surface area contributed by atoms with E-state index in [0.29, 0.717) is 5.57 Å². The van der Waals surface area contributed by atoms with Gasteiger partial charge < -0.3 is 4.74 Å². The fourth-order valence-corrected chi connectivity index (χ4v) is 0.443. The molecule has 0 saturated carbocycles. The van der Waals surface area contributed by atoms with Gasteiger partial charge in [-0.25, -0.2) is 4.79 Å². The van der Waals surface area contributed by atoms with E-state index < -0.39 is 0 Å². The van der Waals surface area contributed by atoms with Crippen molar-refractivity contribution < 1.29 is 9.53 Å². The van der Waals surface area contributed by atoms with Crippen molar-refractivity contribution in [3.05, 3.63) is 11.6 Å². The van der Waals surface area contributed by atoms with Crippen molar-refractivity contribution in [1.29, 1.82) is 5.26 Å². The van der Waals surface area contributed by atoms with Crippen molar-refractivity contribution in [2.24, 2.45) is 0 Å². The smallest absolute Gasteiger partial charge is 0.333 e. The molecule has 0 aliphatic carbocycles. The molecule has 0 fully saturated rings. The van der Waals surface area contributed by atoms with Crippen LogP contribution in [0, 0.1) is 11.3 Å². The lowest BCUT2D eigenvalue weighted by atomic mass is 10.2. The van der Waals surface area contributed by atoms with Crippen molar-refractivity contribution >= 4 is 5.97 Å². The van der Waals surface area contributed by atoms with E-state index in [9.17, 15) is 4.79 Å². The minimum absolute atomic E-state index is 0.251. The van der Waals surface area contributed by atoms with Gasteiger partial charge in [0, 0.05) is 5.57 Å². The fourth-order valence-electron chi connectivity index (χ4n) is 0.443. The molecule has 3 heteroatoms. The Bertz CT molecular complexity index is 188. The van der Waals surface area contributed by atoms with Crippen LogP contribution in [0.3, 0.4) is 0 Å². The second-order valence-electron chi connectivity index (χ2n) is 1.74. The number of esters is 1. The Morgan fingerprint density at radius 3 is 2.80 bits per heavy atom. The Morgan fingerprint density at radius 1 is 1.80 bits per heavy atom. The van der Waals surface area contributed by atoms with Gasteiger partial charge >= 0.3 is 5.97 Å². The molecule has 0 bridgehead atoms. The molecule has 0 aliphatic rings. The summed E-state index contributed by atoms with van der Waals surface area (Å²) in [6, 6.07) is 1.89. The second kappa shape index (κ2) is 4.57. The van der Waals surface area contributed by atoms with Crippen molar-refractivity contribution in [3.63, 3.8) is 0 Å². The lowest BCUT2D eigenvalue weighted by Gasteiger charge is -1.94. The predicted octanol–water partition coefficient (Wildman–Crippen LogP) is 1.02. The molecule has 0 amide bonds. The minimum Gasteiger partial charge on any atom is -0.466 e. The highest BCUT2D eigenvalue weighted by Crippen LogP contribution is 1.96. The van der Waals surface area contributed by atoms with Gasteiger partial charge in [-0.3, -0.25) is 0 Å². The fraction of sp³-hybridized carbons (Fsp3) is 0.429. The topological polar surface area (TPSA) is 50.1 Å². The van der Waals surface area contributed by atoms with Crippen molar-refractivity contribution in [2.75, 3.05) is 7.11 Å². The molecule has 10 heavy (non-hydrogen) atoms. The summed E-state index contributed by atoms with van der Waals surface area (Å²) in [5, 5.41) is 8.12. The number of rotatable bonds is 2. The second-order valence-corrected chi connectivity index (χ2v) is 1.74. The van der Waals surface area contributed by atoms with E-state index >= 15 is 0 Å². The Kier molecular flexibility index (Phi) is 3.97. The molecule has 0 heterocycles. The summed E-state index contributed by atoms with van der Waals surface area (Å²) in [6.07, 6.45) is 1.78. The molecule has 0 spiro atoms. The minimum atomic E-state index is -0.379. The van der Waals surface area contributed by atoms with E-state index in [2.05, 4.69) is 4.74 Å². The van der Waals surface area contributed by atoms with Gasteiger partial charge in [-0.2, -0.15) is 5.26 Å². The van der Waals surface area contributed by atoms with Gasteiger partial charge in [-0.1, -0.05) is 6.08 Å². The standard InChI is InChI=1S/C7H9NO2/c1-6(4-3-5-8)7(9)10-2/h4H,3H2,1-2H3. The van der Waals surface area contributed by atoms with E-state index in [-0.39, 0.29) is 12.4 Å². The van der Waals surface area contributed by atoms with Gasteiger partial charge in [-0.05, 0) is 6.92 Å². The van der Waals surface area contributed by atoms with E-state index in [4.69, 9.17) is 5.26 Å². The third kappa shape index (κ3) is 2.88. The van der Waals surface area contributed by atoms with E-state index in [1.807, 2.05) is 6.07 Å². The Labute approximate surface area is 59.9 Å². The SMILES string of the molecule is COC(=O)C(C)=CCC#N. The van der Waals surface area contributed by atoms with Crippen LogP contribution in [-0.2, 0) is 9.53 Å². The molecule has 54 valence electrons. The molecular formula is C7H9NO2. The monoisotopic (exact) mass is 139 g/mol. The summed E-state index contributed by atoms with van der Waals surface area (Å²) in [5.74, 6) is -0.379. The molecule has 0 atom stereocenters. The van der Waals surface area contributed by atoms with Gasteiger partial charge in [0.25, 0.3) is 0 Å². The first-order chi connectivity index (χ1) is 4.72. The summed E-state index contributed by atoms with van der Waals surface area (Å²) in [6.45, 7) is 1.61. The van der Waals surface area contributed by atoms with Crippen LogP contribution in [0.1, 0.15) is 13.3 Å². The van der Waals surface area contributed by atoms with Crippen LogP contribution in [0.5, 0.6) is 0 Å². The van der Waals surface area contributed by atoms with Crippen LogP contribution in [0.25, 0.3) is 0 Å². The highest BCUT2D eigenvalue weighted by Gasteiger charge is 2.00. The number of carbonyl (C=O) groups is 1. The largest absolute Gasteiger partial charge is 0.466 e. The Balaban J connectivity index is 3.95. The highest BCUT2D eigenvalue weighted by atomic mass is 16.5. The summed E-state index contributed by atoms with van der Waals surface area (Å²) in [7, 11) is 1.31. The lowest BCUT2D eigenvalue weighted by molar-refractivity contribution is -0.136. The zero-order chi connectivity index (χ0) is 7.98. The Morgan fingerprint density at radius 2 is 2.40 bits per heavy atom. The van der Waals surface area contributed by atoms with Crippen molar-refractivity contribution in [1.82, 2.24) is 0 Å². The quantitative estimate of drug-likeness (QED) is 0.424. The van der Waals surface area contributed by atoms with Crippen LogP contribution in [0.4, 0.5) is 0 Å². The molecule has 0 N–H and O–H groups in total. The average Bonchev–Trinajstić information content (AvgIpc) is 1.98. The molecule has 0 radical (unpaired) electrons. The molecule has 0 aromatic rings. The zero-order valence-electron chi connectivity index (χ0n) is 6.05. The maximum atomic E-state index is 10.6. The van der Waals surface area contributed by atoms with E-state index in [1.165, 1.54) is 13.2 Å². The number of hydrogen-bond acceptors (Lipinski definition) is 3. The van der Waals surface area contributed by atoms with Crippen LogP contribution in [-0.4, -0.2) is 13.1 Å². The van der Waals surface area contributed by atoms with E-state index in [0.717, 1.165) is 0 Å². The molecule has 0 aromatic carbocycles. The van der Waals surface area contributed by atoms with Crippen LogP contribution in [0.15, 0.2) is 11.6 Å². The molecular weight excluding hydrogens is 130 g/mol. The number of allylic oxidation sites excluding steroid dienone is 1. The molecule has 0 rings (SSSR count). The third-order valence-electron chi connectivity index (χ3n) is 1.01. The average molecular weight is 139 g/mol. The van der Waals surface area contributed by atoms with Gasteiger partial charge in [0.1, 0.15) is 0 Å². The number of methoxy groups -OCH3 is 1. The number of carbonyl (C=O) groups excluding carboxylic acids is 1. The molecule has 0 saturated heterocycles. The van der Waals surface area contributed by atoms with Crippen molar-refractivity contribution in [3.8, 4) is 6.07 Å². The number of nitrogens with zero attached hydrogens (tertiary/aromatic N) is 1. The maximum absolute atomic E-state index is 10.6. The zero-order valence-corrected chi connectivity index (χ0v) is 6.05. The highest BCUT2D eigenvalue weighted by molar-refractivity contribution is 5.87. The third-order valence-corrected chi connectivity index (χ3v) is 1.01. The summed E-state index contributed by atoms with van der Waals surface area (Å²) in [4.78, 5) is 10.6. The van der Waals surface area contributed by atoms with Crippen molar-refractivity contribution in [2.45, 2.75) is 13.3 Å². The predicted molar refractivity (Wildman–Crippen MR) is 36.0 cm³/mol. The van der Waals surface area contributed by atoms with Gasteiger partial charge in [-0.15, -0.1) is 0 Å². The van der Waals surface area contributed by atoms with Gasteiger partial charge in [0.2, 0.25) is 0 Å². The van der Waals surface area contributed by atoms with Crippen LogP contribution < -0.4 is 0 Å². The lowest BCUT2D eigenvalue weighted by Crippen LogP contribution is -2.00. The normalized spacial score (nSPS) is 10.3. The van der Waals surface area contributed by atoms with Gasteiger partial charge in [0.05, 0.1) is 19.6 Å². The van der Waals surface area contributed by atoms with E-state index in [1.54, 1.807) is 6.92 Å². The summed E-state index contributed by atoms with van der Waals surface area (Å²) < 4.78 is 4.39. The number of hydrogen-bond donors (Lipinski definition) is 0. The molecule has 0 unspecified atom stereocenters. The molecule has 0 aromatic heterocycles. The Hall–Kier alpha value is -1.30. The first-order valence-corrected chi connectivity index (χ1v) is 2.84. The van der Waals surface area contributed by atoms with Gasteiger partial charge in [0.15, 0.2) is 0 Å². The van der Waals surface area contributed by atoms with Crippen LogP contribution in [0.2, 0.25) is 0 Å². The molecule has 3 nitrogen and oxygen atoms in total. The molecule has 0 aliphatic heterocycles. The summed E-state index contributed by atoms with van der Waals surface area (Å²) >= 11 is 0. The van der Waals surface area contributed by atoms with Crippen LogP contribution >= 0.6 is 0 Å². The number of ether oxygens (including phenoxy) is 1. The summed E-state index contributed by atoms with van der Waals surface area (Å²) in [5.41, 5.74) is 0.476.